The first-order valence-corrected chi connectivity index (χ1v) is 5.54. The van der Waals surface area contributed by atoms with Crippen LogP contribution in [0.5, 0.6) is 0 Å². The third-order valence-corrected chi connectivity index (χ3v) is 2.73. The van der Waals surface area contributed by atoms with Crippen LogP contribution in [-0.2, 0) is 9.59 Å². The summed E-state index contributed by atoms with van der Waals surface area (Å²) in [6, 6.07) is -0.533. The molecule has 1 fully saturated rings. The molecule has 1 N–H and O–H groups in total. The second-order valence-electron chi connectivity index (χ2n) is 4.03. The lowest BCUT2D eigenvalue weighted by atomic mass is 10.2. The minimum absolute atomic E-state index is 0.0339. The lowest BCUT2D eigenvalue weighted by Gasteiger charge is -2.19. The van der Waals surface area contributed by atoms with Crippen molar-refractivity contribution in [3.05, 3.63) is 0 Å². The Hall–Kier alpha value is -0.900. The number of likely N-dealkylation sites (tertiary alicyclic amines) is 1. The van der Waals surface area contributed by atoms with Gasteiger partial charge in [-0.25, -0.2) is 0 Å². The Morgan fingerprint density at radius 2 is 2.27 bits per heavy atom. The minimum atomic E-state index is -0.563. The molecule has 85 valence electrons. The standard InChI is InChI=1S/C11H18NO3/c1-2-3-4-5-11(15)12-7-10(14)6-9(12)8-13/h9-10,14H,2-7H2,1H3/t9-,10?/m0/s1. The molecule has 0 aromatic heterocycles. The summed E-state index contributed by atoms with van der Waals surface area (Å²) in [7, 11) is 0. The van der Waals surface area contributed by atoms with Crippen molar-refractivity contribution in [2.45, 2.75) is 51.2 Å². The summed E-state index contributed by atoms with van der Waals surface area (Å²) in [5.74, 6) is -0.0339. The number of hydrogen-bond donors (Lipinski definition) is 1. The quantitative estimate of drug-likeness (QED) is 0.680. The summed E-state index contributed by atoms with van der Waals surface area (Å²) < 4.78 is 0. The summed E-state index contributed by atoms with van der Waals surface area (Å²) in [4.78, 5) is 23.7. The average Bonchev–Trinajstić information content (AvgIpc) is 2.60. The maximum Gasteiger partial charge on any atom is 0.223 e. The summed E-state index contributed by atoms with van der Waals surface area (Å²) in [6.07, 6.45) is 5.00. The lowest BCUT2D eigenvalue weighted by molar-refractivity contribution is -0.131. The first kappa shape index (κ1) is 12.2. The van der Waals surface area contributed by atoms with Gasteiger partial charge in [-0.15, -0.1) is 0 Å². The monoisotopic (exact) mass is 212 g/mol. The molecule has 1 aliphatic heterocycles. The molecule has 4 heteroatoms. The van der Waals surface area contributed by atoms with Crippen molar-refractivity contribution in [2.75, 3.05) is 6.54 Å². The van der Waals surface area contributed by atoms with Crippen LogP contribution in [0.2, 0.25) is 0 Å². The molecule has 1 saturated heterocycles. The molecule has 0 spiro atoms. The molecule has 1 aliphatic rings. The van der Waals surface area contributed by atoms with E-state index in [-0.39, 0.29) is 12.5 Å². The summed E-state index contributed by atoms with van der Waals surface area (Å²) in [5, 5.41) is 9.35. The first-order valence-electron chi connectivity index (χ1n) is 5.54. The first-order chi connectivity index (χ1) is 7.19. The number of unbranched alkanes of at least 4 members (excludes halogenated alkanes) is 2. The number of hydrogen-bond acceptors (Lipinski definition) is 3. The number of carbonyl (C=O) groups excluding carboxylic acids is 2. The van der Waals surface area contributed by atoms with Gasteiger partial charge in [-0.1, -0.05) is 19.8 Å². The van der Waals surface area contributed by atoms with Crippen molar-refractivity contribution in [2.24, 2.45) is 0 Å². The van der Waals surface area contributed by atoms with E-state index in [0.717, 1.165) is 19.3 Å². The molecule has 4 nitrogen and oxygen atoms in total. The highest BCUT2D eigenvalue weighted by atomic mass is 16.3. The Morgan fingerprint density at radius 1 is 1.53 bits per heavy atom. The molecule has 0 bridgehead atoms. The zero-order valence-electron chi connectivity index (χ0n) is 9.11. The number of aliphatic hydroxyl groups is 1. The van der Waals surface area contributed by atoms with Gasteiger partial charge in [0, 0.05) is 19.4 Å². The molecule has 2 atom stereocenters. The van der Waals surface area contributed by atoms with Crippen LogP contribution in [0.3, 0.4) is 0 Å². The maximum absolute atomic E-state index is 11.7. The van der Waals surface area contributed by atoms with E-state index < -0.39 is 12.1 Å². The number of rotatable bonds is 5. The second-order valence-corrected chi connectivity index (χ2v) is 4.03. The molecule has 1 radical (unpaired) electrons. The SMILES string of the molecule is CCCCCC(=O)N1CC(O)C[C@H]1[C]=O. The van der Waals surface area contributed by atoms with Crippen LogP contribution in [0.4, 0.5) is 0 Å². The van der Waals surface area contributed by atoms with Gasteiger partial charge in [0.1, 0.15) is 6.04 Å². The highest BCUT2D eigenvalue weighted by molar-refractivity contribution is 5.80. The molecule has 0 aromatic carbocycles. The van der Waals surface area contributed by atoms with Gasteiger partial charge in [-0.05, 0) is 6.42 Å². The van der Waals surface area contributed by atoms with Crippen molar-refractivity contribution in [1.82, 2.24) is 4.90 Å². The van der Waals surface area contributed by atoms with Crippen LogP contribution in [0.15, 0.2) is 0 Å². The Labute approximate surface area is 90.3 Å². The van der Waals surface area contributed by atoms with E-state index in [0.29, 0.717) is 12.8 Å². The average molecular weight is 212 g/mol. The molecule has 0 aromatic rings. The summed E-state index contributed by atoms with van der Waals surface area (Å²) >= 11 is 0. The topological polar surface area (TPSA) is 57.6 Å². The van der Waals surface area contributed by atoms with Crippen molar-refractivity contribution in [1.29, 1.82) is 0 Å². The van der Waals surface area contributed by atoms with Gasteiger partial charge in [0.15, 0.2) is 0 Å². The van der Waals surface area contributed by atoms with Crippen molar-refractivity contribution in [3.63, 3.8) is 0 Å². The van der Waals surface area contributed by atoms with E-state index in [1.807, 2.05) is 6.29 Å². The van der Waals surface area contributed by atoms with Crippen LogP contribution in [-0.4, -0.2) is 40.9 Å². The van der Waals surface area contributed by atoms with Gasteiger partial charge < -0.3 is 10.0 Å². The number of carbonyl (C=O) groups is 1. The molecule has 15 heavy (non-hydrogen) atoms. The van der Waals surface area contributed by atoms with Crippen molar-refractivity contribution in [3.8, 4) is 0 Å². The maximum atomic E-state index is 11.7. The largest absolute Gasteiger partial charge is 0.391 e. The highest BCUT2D eigenvalue weighted by Crippen LogP contribution is 2.18. The van der Waals surface area contributed by atoms with Gasteiger partial charge in [0.2, 0.25) is 12.2 Å². The molecule has 0 saturated carbocycles. The number of β-amino-alcohol motifs (C(OH)–C–C–N with tert-alkyl or cyclic N) is 1. The smallest absolute Gasteiger partial charge is 0.223 e. The summed E-state index contributed by atoms with van der Waals surface area (Å²) in [6.45, 7) is 2.36. The molecule has 1 heterocycles. The van der Waals surface area contributed by atoms with Crippen molar-refractivity contribution < 1.29 is 14.7 Å². The van der Waals surface area contributed by atoms with Gasteiger partial charge in [-0.2, -0.15) is 0 Å². The van der Waals surface area contributed by atoms with Gasteiger partial charge in [0.25, 0.3) is 0 Å². The molecular formula is C11H18NO3. The number of amides is 1. The Morgan fingerprint density at radius 3 is 2.87 bits per heavy atom. The third-order valence-electron chi connectivity index (χ3n) is 2.73. The Bertz CT molecular complexity index is 230. The van der Waals surface area contributed by atoms with Crippen LogP contribution >= 0.6 is 0 Å². The predicted molar refractivity (Wildman–Crippen MR) is 56.0 cm³/mol. The molecule has 1 amide bonds. The van der Waals surface area contributed by atoms with E-state index >= 15 is 0 Å². The van der Waals surface area contributed by atoms with Gasteiger partial charge in [0.05, 0.1) is 6.10 Å². The fourth-order valence-corrected chi connectivity index (χ4v) is 1.87. The Balaban J connectivity index is 2.40. The van der Waals surface area contributed by atoms with Gasteiger partial charge in [-0.3, -0.25) is 9.59 Å². The highest BCUT2D eigenvalue weighted by Gasteiger charge is 2.33. The van der Waals surface area contributed by atoms with Crippen LogP contribution < -0.4 is 0 Å². The van der Waals surface area contributed by atoms with E-state index in [9.17, 15) is 14.7 Å². The fourth-order valence-electron chi connectivity index (χ4n) is 1.87. The molecular weight excluding hydrogens is 194 g/mol. The fraction of sp³-hybridized carbons (Fsp3) is 0.818. The predicted octanol–water partition coefficient (Wildman–Crippen LogP) is 0.638. The number of aliphatic hydroxyl groups excluding tert-OH is 1. The third kappa shape index (κ3) is 3.30. The van der Waals surface area contributed by atoms with Gasteiger partial charge >= 0.3 is 0 Å². The van der Waals surface area contributed by atoms with E-state index in [1.54, 1.807) is 0 Å². The zero-order valence-corrected chi connectivity index (χ0v) is 9.11. The van der Waals surface area contributed by atoms with Crippen LogP contribution in [0.1, 0.15) is 39.0 Å². The van der Waals surface area contributed by atoms with E-state index in [1.165, 1.54) is 4.90 Å². The Kier molecular flexibility index (Phi) is 4.75. The van der Waals surface area contributed by atoms with Crippen molar-refractivity contribution >= 4 is 12.2 Å². The molecule has 0 aliphatic carbocycles. The number of nitrogens with zero attached hydrogens (tertiary/aromatic N) is 1. The minimum Gasteiger partial charge on any atom is -0.391 e. The zero-order chi connectivity index (χ0) is 11.3. The van der Waals surface area contributed by atoms with E-state index in [4.69, 9.17) is 0 Å². The lowest BCUT2D eigenvalue weighted by Crippen LogP contribution is -2.36. The molecule has 1 unspecified atom stereocenters. The molecule has 1 rings (SSSR count). The van der Waals surface area contributed by atoms with E-state index in [2.05, 4.69) is 6.92 Å². The van der Waals surface area contributed by atoms with Crippen LogP contribution in [0, 0.1) is 0 Å². The normalized spacial score (nSPS) is 25.6. The summed E-state index contributed by atoms with van der Waals surface area (Å²) in [5.41, 5.74) is 0. The second kappa shape index (κ2) is 5.85. The van der Waals surface area contributed by atoms with Crippen LogP contribution in [0.25, 0.3) is 0 Å².